The van der Waals surface area contributed by atoms with Crippen LogP contribution in [0.1, 0.15) is 5.56 Å². The number of benzene rings is 2. The smallest absolute Gasteiger partial charge is 0.159 e. The van der Waals surface area contributed by atoms with E-state index in [4.69, 9.17) is 0 Å². The lowest BCUT2D eigenvalue weighted by Gasteiger charge is -2.02. The van der Waals surface area contributed by atoms with E-state index in [1.54, 1.807) is 4.80 Å². The summed E-state index contributed by atoms with van der Waals surface area (Å²) in [5, 5.41) is 12.6. The molecule has 100 valence electrons. The van der Waals surface area contributed by atoms with Gasteiger partial charge in [0.25, 0.3) is 0 Å². The van der Waals surface area contributed by atoms with Crippen LogP contribution in [0.15, 0.2) is 57.5 Å². The number of halogens is 2. The van der Waals surface area contributed by atoms with Gasteiger partial charge in [-0.3, -0.25) is 0 Å². The monoisotopic (exact) mass is 392 g/mol. The van der Waals surface area contributed by atoms with E-state index in [0.717, 1.165) is 20.1 Å². The molecule has 0 atom stereocenters. The zero-order chi connectivity index (χ0) is 13.9. The average molecular weight is 394 g/mol. The van der Waals surface area contributed by atoms with Crippen LogP contribution in [0, 0.1) is 0 Å². The Bertz CT molecular complexity index is 739. The van der Waals surface area contributed by atoms with Gasteiger partial charge in [-0.05, 0) is 29.0 Å². The molecule has 6 heteroatoms. The summed E-state index contributed by atoms with van der Waals surface area (Å²) in [6.45, 7) is 0.582. The molecular formula is C14H10Br2N4. The highest BCUT2D eigenvalue weighted by Crippen LogP contribution is 2.24. The van der Waals surface area contributed by atoms with Gasteiger partial charge < -0.3 is 0 Å². The second kappa shape index (κ2) is 5.85. The van der Waals surface area contributed by atoms with Gasteiger partial charge in [0.2, 0.25) is 5.82 Å². The quantitative estimate of drug-likeness (QED) is 0.677. The predicted octanol–water partition coefficient (Wildman–Crippen LogP) is 3.91. The van der Waals surface area contributed by atoms with Crippen molar-refractivity contribution >= 4 is 31.9 Å². The van der Waals surface area contributed by atoms with Crippen LogP contribution in [0.2, 0.25) is 0 Å². The highest BCUT2D eigenvalue weighted by atomic mass is 79.9. The second-order valence-corrected chi connectivity index (χ2v) is 5.92. The third-order valence-corrected chi connectivity index (χ3v) is 4.30. The largest absolute Gasteiger partial charge is 0.206 e. The molecule has 0 saturated carbocycles. The van der Waals surface area contributed by atoms with E-state index in [9.17, 15) is 0 Å². The van der Waals surface area contributed by atoms with Crippen LogP contribution in [0.25, 0.3) is 11.4 Å². The maximum absolute atomic E-state index is 4.42. The Balaban J connectivity index is 1.88. The number of rotatable bonds is 3. The molecule has 0 amide bonds. The number of aromatic nitrogens is 4. The van der Waals surface area contributed by atoms with E-state index in [1.165, 1.54) is 0 Å². The van der Waals surface area contributed by atoms with E-state index in [0.29, 0.717) is 12.4 Å². The first kappa shape index (κ1) is 13.5. The first-order valence-corrected chi connectivity index (χ1v) is 7.59. The predicted molar refractivity (Wildman–Crippen MR) is 84.2 cm³/mol. The number of hydrogen-bond donors (Lipinski definition) is 0. The fourth-order valence-electron chi connectivity index (χ4n) is 1.84. The summed E-state index contributed by atoms with van der Waals surface area (Å²) in [5.74, 6) is 0.615. The van der Waals surface area contributed by atoms with Gasteiger partial charge in [-0.25, -0.2) is 0 Å². The fourth-order valence-corrected chi connectivity index (χ4v) is 2.71. The number of tetrazole rings is 1. The van der Waals surface area contributed by atoms with Crippen molar-refractivity contribution in [1.29, 1.82) is 0 Å². The molecule has 3 rings (SSSR count). The molecule has 20 heavy (non-hydrogen) atoms. The molecule has 0 bridgehead atoms. The molecular weight excluding hydrogens is 384 g/mol. The lowest BCUT2D eigenvalue weighted by atomic mass is 10.2. The zero-order valence-electron chi connectivity index (χ0n) is 10.4. The Labute approximate surface area is 133 Å². The van der Waals surface area contributed by atoms with E-state index >= 15 is 0 Å². The lowest BCUT2D eigenvalue weighted by Crippen LogP contribution is -2.04. The maximum atomic E-state index is 4.42. The van der Waals surface area contributed by atoms with Gasteiger partial charge in [0.1, 0.15) is 0 Å². The van der Waals surface area contributed by atoms with Crippen molar-refractivity contribution in [3.05, 3.63) is 63.0 Å². The van der Waals surface area contributed by atoms with E-state index in [2.05, 4.69) is 47.3 Å². The molecule has 0 spiro atoms. The minimum absolute atomic E-state index is 0.582. The van der Waals surface area contributed by atoms with Crippen LogP contribution >= 0.6 is 31.9 Å². The van der Waals surface area contributed by atoms with Gasteiger partial charge >= 0.3 is 0 Å². The van der Waals surface area contributed by atoms with E-state index in [1.807, 2.05) is 48.5 Å². The van der Waals surface area contributed by atoms with Crippen molar-refractivity contribution in [1.82, 2.24) is 20.2 Å². The Morgan fingerprint density at radius 2 is 1.60 bits per heavy atom. The van der Waals surface area contributed by atoms with Gasteiger partial charge in [0.05, 0.1) is 6.54 Å². The summed E-state index contributed by atoms with van der Waals surface area (Å²) in [7, 11) is 0. The van der Waals surface area contributed by atoms with Crippen LogP contribution in [0.4, 0.5) is 0 Å². The third-order valence-electron chi connectivity index (χ3n) is 2.84. The fraction of sp³-hybridized carbons (Fsp3) is 0.0714. The van der Waals surface area contributed by atoms with Crippen molar-refractivity contribution in [2.75, 3.05) is 0 Å². The second-order valence-electron chi connectivity index (χ2n) is 4.21. The standard InChI is InChI=1S/C14H10Br2N4/c15-12-7-3-1-5-10(12)9-20-18-14(17-19-20)11-6-2-4-8-13(11)16/h1-8H,9H2. The van der Waals surface area contributed by atoms with Crippen molar-refractivity contribution in [2.24, 2.45) is 0 Å². The van der Waals surface area contributed by atoms with Crippen LogP contribution in [-0.2, 0) is 6.54 Å². The first-order chi connectivity index (χ1) is 9.74. The molecule has 3 aromatic rings. The molecule has 0 aliphatic heterocycles. The average Bonchev–Trinajstić information content (AvgIpc) is 2.90. The molecule has 4 nitrogen and oxygen atoms in total. The normalized spacial score (nSPS) is 10.7. The van der Waals surface area contributed by atoms with Gasteiger partial charge in [-0.1, -0.05) is 62.2 Å². The van der Waals surface area contributed by atoms with Gasteiger partial charge in [0.15, 0.2) is 0 Å². The van der Waals surface area contributed by atoms with Crippen molar-refractivity contribution in [3.8, 4) is 11.4 Å². The summed E-state index contributed by atoms with van der Waals surface area (Å²) in [6.07, 6.45) is 0. The molecule has 0 aliphatic carbocycles. The lowest BCUT2D eigenvalue weighted by molar-refractivity contribution is 0.571. The molecule has 0 aliphatic rings. The topological polar surface area (TPSA) is 43.6 Å². The van der Waals surface area contributed by atoms with Crippen molar-refractivity contribution in [2.45, 2.75) is 6.54 Å². The summed E-state index contributed by atoms with van der Waals surface area (Å²) in [4.78, 5) is 1.59. The Morgan fingerprint density at radius 1 is 0.900 bits per heavy atom. The van der Waals surface area contributed by atoms with E-state index in [-0.39, 0.29) is 0 Å². The summed E-state index contributed by atoms with van der Waals surface area (Å²) < 4.78 is 2.00. The first-order valence-electron chi connectivity index (χ1n) is 6.00. The highest BCUT2D eigenvalue weighted by Gasteiger charge is 2.09. The molecule has 0 saturated heterocycles. The van der Waals surface area contributed by atoms with Crippen molar-refractivity contribution in [3.63, 3.8) is 0 Å². The molecule has 2 aromatic carbocycles. The van der Waals surface area contributed by atoms with Gasteiger partial charge in [0, 0.05) is 14.5 Å². The van der Waals surface area contributed by atoms with Crippen LogP contribution in [0.3, 0.4) is 0 Å². The van der Waals surface area contributed by atoms with Gasteiger partial charge in [-0.15, -0.1) is 10.2 Å². The highest BCUT2D eigenvalue weighted by molar-refractivity contribution is 9.10. The van der Waals surface area contributed by atoms with Crippen molar-refractivity contribution < 1.29 is 0 Å². The van der Waals surface area contributed by atoms with Crippen LogP contribution < -0.4 is 0 Å². The molecule has 1 heterocycles. The van der Waals surface area contributed by atoms with Gasteiger partial charge in [-0.2, -0.15) is 4.80 Å². The Morgan fingerprint density at radius 3 is 2.35 bits per heavy atom. The molecule has 1 aromatic heterocycles. The minimum Gasteiger partial charge on any atom is -0.159 e. The molecule has 0 N–H and O–H groups in total. The number of nitrogens with zero attached hydrogens (tertiary/aromatic N) is 4. The SMILES string of the molecule is Brc1ccccc1Cn1nnc(-c2ccccc2Br)n1. The Hall–Kier alpha value is -1.53. The molecule has 0 fully saturated rings. The van der Waals surface area contributed by atoms with E-state index < -0.39 is 0 Å². The summed E-state index contributed by atoms with van der Waals surface area (Å²) in [5.41, 5.74) is 2.05. The third kappa shape index (κ3) is 2.81. The minimum atomic E-state index is 0.582. The zero-order valence-corrected chi connectivity index (χ0v) is 13.5. The summed E-state index contributed by atoms with van der Waals surface area (Å²) in [6, 6.07) is 15.8. The summed E-state index contributed by atoms with van der Waals surface area (Å²) >= 11 is 7.02. The Kier molecular flexibility index (Phi) is 3.93. The number of hydrogen-bond acceptors (Lipinski definition) is 3. The molecule has 0 radical (unpaired) electrons. The van der Waals surface area contributed by atoms with Crippen LogP contribution in [0.5, 0.6) is 0 Å². The maximum Gasteiger partial charge on any atom is 0.206 e. The van der Waals surface area contributed by atoms with Crippen LogP contribution in [-0.4, -0.2) is 20.2 Å². The molecule has 0 unspecified atom stereocenters.